The molecule has 1 aliphatic rings. The molecule has 1 fully saturated rings. The second kappa shape index (κ2) is 7.16. The van der Waals surface area contributed by atoms with Crippen LogP contribution < -0.4 is 9.80 Å². The first kappa shape index (κ1) is 16.0. The predicted molar refractivity (Wildman–Crippen MR) is 96.4 cm³/mol. The summed E-state index contributed by atoms with van der Waals surface area (Å²) in [7, 11) is 1.66. The zero-order chi connectivity index (χ0) is 17.1. The van der Waals surface area contributed by atoms with E-state index in [1.54, 1.807) is 18.0 Å². The van der Waals surface area contributed by atoms with Crippen LogP contribution in [-0.2, 0) is 11.3 Å². The topological polar surface area (TPSA) is 72.2 Å². The first-order valence-corrected chi connectivity index (χ1v) is 8.89. The van der Waals surface area contributed by atoms with Gasteiger partial charge in [-0.1, -0.05) is 6.07 Å². The number of anilines is 2. The molecule has 0 spiro atoms. The molecule has 0 saturated carbocycles. The molecule has 1 aliphatic heterocycles. The highest BCUT2D eigenvalue weighted by Crippen LogP contribution is 2.22. The number of nitrogens with zero attached hydrogens (tertiary/aromatic N) is 7. The molecule has 0 atom stereocenters. The van der Waals surface area contributed by atoms with Crippen molar-refractivity contribution < 1.29 is 4.74 Å². The molecule has 0 bridgehead atoms. The number of rotatable bonds is 5. The summed E-state index contributed by atoms with van der Waals surface area (Å²) in [6, 6.07) is 7.93. The molecule has 0 aromatic carbocycles. The lowest BCUT2D eigenvalue weighted by Gasteiger charge is -2.35. The Balaban J connectivity index is 1.42. The fraction of sp³-hybridized carbons (Fsp3) is 0.375. The van der Waals surface area contributed by atoms with Gasteiger partial charge in [-0.25, -0.2) is 14.6 Å². The Morgan fingerprint density at radius 2 is 1.84 bits per heavy atom. The van der Waals surface area contributed by atoms with Crippen LogP contribution in [0.3, 0.4) is 0 Å². The zero-order valence-corrected chi connectivity index (χ0v) is 14.8. The number of hydrogen-bond donors (Lipinski definition) is 0. The molecule has 0 N–H and O–H groups in total. The molecule has 4 heterocycles. The van der Waals surface area contributed by atoms with Crippen LogP contribution in [-0.4, -0.2) is 57.4 Å². The lowest BCUT2D eigenvalue weighted by Crippen LogP contribution is -2.46. The molecule has 130 valence electrons. The van der Waals surface area contributed by atoms with Crippen LogP contribution in [0.2, 0.25) is 0 Å². The van der Waals surface area contributed by atoms with Crippen LogP contribution in [0.1, 0.15) is 5.82 Å². The van der Waals surface area contributed by atoms with Gasteiger partial charge in [-0.2, -0.15) is 9.47 Å². The third-order valence-electron chi connectivity index (χ3n) is 4.06. The van der Waals surface area contributed by atoms with Gasteiger partial charge in [0.2, 0.25) is 5.13 Å². The van der Waals surface area contributed by atoms with E-state index >= 15 is 0 Å². The fourth-order valence-corrected chi connectivity index (χ4v) is 3.53. The van der Waals surface area contributed by atoms with E-state index in [-0.39, 0.29) is 0 Å². The number of piperazine rings is 1. The molecule has 1 saturated heterocycles. The van der Waals surface area contributed by atoms with Gasteiger partial charge in [0.05, 0.1) is 0 Å². The van der Waals surface area contributed by atoms with Crippen LogP contribution in [0.4, 0.5) is 10.9 Å². The molecule has 3 aromatic heterocycles. The summed E-state index contributed by atoms with van der Waals surface area (Å²) < 4.78 is 11.2. The predicted octanol–water partition coefficient (Wildman–Crippen LogP) is 1.59. The Morgan fingerprint density at radius 3 is 2.60 bits per heavy atom. The van der Waals surface area contributed by atoms with Gasteiger partial charge in [-0.15, -0.1) is 0 Å². The molecule has 0 radical (unpaired) electrons. The first-order valence-electron chi connectivity index (χ1n) is 8.12. The van der Waals surface area contributed by atoms with Crippen molar-refractivity contribution in [2.75, 3.05) is 43.1 Å². The highest BCUT2D eigenvalue weighted by molar-refractivity contribution is 7.09. The Labute approximate surface area is 149 Å². The van der Waals surface area contributed by atoms with Crippen molar-refractivity contribution in [3.8, 4) is 5.82 Å². The van der Waals surface area contributed by atoms with E-state index in [2.05, 4.69) is 24.3 Å². The quantitative estimate of drug-likeness (QED) is 0.686. The van der Waals surface area contributed by atoms with Crippen LogP contribution in [0.25, 0.3) is 5.82 Å². The highest BCUT2D eigenvalue weighted by atomic mass is 32.1. The number of ether oxygens (including phenoxy) is 1. The Morgan fingerprint density at radius 1 is 1.04 bits per heavy atom. The smallest absolute Gasteiger partial charge is 0.205 e. The van der Waals surface area contributed by atoms with Crippen molar-refractivity contribution in [3.05, 3.63) is 42.5 Å². The second-order valence-corrected chi connectivity index (χ2v) is 6.44. The molecule has 25 heavy (non-hydrogen) atoms. The van der Waals surface area contributed by atoms with E-state index in [4.69, 9.17) is 9.72 Å². The van der Waals surface area contributed by atoms with Crippen LogP contribution in [0.5, 0.6) is 0 Å². The van der Waals surface area contributed by atoms with Gasteiger partial charge in [-0.05, 0) is 18.2 Å². The van der Waals surface area contributed by atoms with E-state index in [9.17, 15) is 0 Å². The van der Waals surface area contributed by atoms with E-state index < -0.39 is 0 Å². The van der Waals surface area contributed by atoms with E-state index in [1.165, 1.54) is 11.5 Å². The first-order chi connectivity index (χ1) is 12.3. The number of methoxy groups -OCH3 is 1. The Hall–Kier alpha value is -2.52. The molecule has 8 nitrogen and oxygen atoms in total. The monoisotopic (exact) mass is 357 g/mol. The summed E-state index contributed by atoms with van der Waals surface area (Å²) in [5.74, 6) is 2.56. The second-order valence-electron chi connectivity index (χ2n) is 5.70. The molecular formula is C16H19N7OS. The summed E-state index contributed by atoms with van der Waals surface area (Å²) in [4.78, 5) is 13.8. The SMILES string of the molecule is COCc1nsc(N2CCN(c3cccc(-n4cccn4)n3)CC2)n1. The van der Waals surface area contributed by atoms with Crippen molar-refractivity contribution in [1.82, 2.24) is 24.1 Å². The Kier molecular flexibility index (Phi) is 4.57. The Bertz CT molecular complexity index is 812. The van der Waals surface area contributed by atoms with E-state index in [0.717, 1.165) is 48.8 Å². The van der Waals surface area contributed by atoms with Crippen molar-refractivity contribution in [2.45, 2.75) is 6.61 Å². The van der Waals surface area contributed by atoms with Crippen LogP contribution >= 0.6 is 11.5 Å². The summed E-state index contributed by atoms with van der Waals surface area (Å²) >= 11 is 1.43. The van der Waals surface area contributed by atoms with Crippen molar-refractivity contribution in [1.29, 1.82) is 0 Å². The van der Waals surface area contributed by atoms with Gasteiger partial charge in [0, 0.05) is 57.2 Å². The number of pyridine rings is 1. The van der Waals surface area contributed by atoms with Gasteiger partial charge in [0.15, 0.2) is 11.6 Å². The summed E-state index contributed by atoms with van der Waals surface area (Å²) in [6.45, 7) is 4.05. The minimum Gasteiger partial charge on any atom is -0.377 e. The molecule has 0 aliphatic carbocycles. The van der Waals surface area contributed by atoms with Gasteiger partial charge < -0.3 is 14.5 Å². The van der Waals surface area contributed by atoms with E-state index in [0.29, 0.717) is 6.61 Å². The lowest BCUT2D eigenvalue weighted by molar-refractivity contribution is 0.179. The van der Waals surface area contributed by atoms with Crippen LogP contribution in [0.15, 0.2) is 36.7 Å². The van der Waals surface area contributed by atoms with Crippen LogP contribution in [0, 0.1) is 0 Å². The van der Waals surface area contributed by atoms with Crippen molar-refractivity contribution >= 4 is 22.5 Å². The maximum atomic E-state index is 5.08. The number of hydrogen-bond acceptors (Lipinski definition) is 8. The molecular weight excluding hydrogens is 338 g/mol. The number of aromatic nitrogens is 5. The molecule has 9 heteroatoms. The standard InChI is InChI=1S/C16H19N7OS/c1-24-12-13-18-16(25-20-13)22-10-8-21(9-11-22)14-4-2-5-15(19-14)23-7-3-6-17-23/h2-7H,8-12H2,1H3. The van der Waals surface area contributed by atoms with Gasteiger partial charge >= 0.3 is 0 Å². The summed E-state index contributed by atoms with van der Waals surface area (Å²) in [5.41, 5.74) is 0. The molecule has 4 rings (SSSR count). The lowest BCUT2D eigenvalue weighted by atomic mass is 10.3. The van der Waals surface area contributed by atoms with E-state index in [1.807, 2.05) is 30.5 Å². The molecule has 0 amide bonds. The minimum absolute atomic E-state index is 0.459. The van der Waals surface area contributed by atoms with Crippen molar-refractivity contribution in [3.63, 3.8) is 0 Å². The van der Waals surface area contributed by atoms with Crippen molar-refractivity contribution in [2.24, 2.45) is 0 Å². The zero-order valence-electron chi connectivity index (χ0n) is 13.9. The van der Waals surface area contributed by atoms with Gasteiger partial charge in [0.25, 0.3) is 0 Å². The molecule has 0 unspecified atom stereocenters. The fourth-order valence-electron chi connectivity index (χ4n) is 2.81. The largest absolute Gasteiger partial charge is 0.377 e. The average Bonchev–Trinajstić information content (AvgIpc) is 3.35. The average molecular weight is 357 g/mol. The third-order valence-corrected chi connectivity index (χ3v) is 4.88. The maximum Gasteiger partial charge on any atom is 0.205 e. The normalized spacial score (nSPS) is 14.9. The summed E-state index contributed by atoms with van der Waals surface area (Å²) in [5, 5.41) is 5.21. The summed E-state index contributed by atoms with van der Waals surface area (Å²) in [6.07, 6.45) is 3.66. The maximum absolute atomic E-state index is 5.08. The van der Waals surface area contributed by atoms with Gasteiger partial charge in [0.1, 0.15) is 12.4 Å². The third kappa shape index (κ3) is 3.47. The molecule has 3 aromatic rings. The van der Waals surface area contributed by atoms with Gasteiger partial charge in [-0.3, -0.25) is 0 Å². The minimum atomic E-state index is 0.459. The highest BCUT2D eigenvalue weighted by Gasteiger charge is 2.21.